The van der Waals surface area contributed by atoms with Crippen molar-refractivity contribution < 1.29 is 9.59 Å². The molecule has 0 radical (unpaired) electrons. The number of anilines is 1. The molecule has 2 rings (SSSR count). The van der Waals surface area contributed by atoms with Gasteiger partial charge in [-0.15, -0.1) is 0 Å². The molecule has 11 heavy (non-hydrogen) atoms. The summed E-state index contributed by atoms with van der Waals surface area (Å²) in [5.74, 6) is -0.863. The summed E-state index contributed by atoms with van der Waals surface area (Å²) in [6.45, 7) is 0. The number of fused-ring (bicyclic) bond motifs is 1. The maximum atomic E-state index is 10.9. The van der Waals surface area contributed by atoms with Crippen LogP contribution in [0.2, 0.25) is 0 Å². The summed E-state index contributed by atoms with van der Waals surface area (Å²) < 4.78 is 0. The van der Waals surface area contributed by atoms with Gasteiger partial charge in [0, 0.05) is 0 Å². The van der Waals surface area contributed by atoms with E-state index in [9.17, 15) is 9.59 Å². The lowest BCUT2D eigenvalue weighted by Crippen LogP contribution is -2.21. The molecule has 0 aliphatic carbocycles. The highest BCUT2D eigenvalue weighted by Gasteiger charge is 2.32. The first-order chi connectivity index (χ1) is 5.20. The number of nitrogen functional groups attached to an aromatic ring is 1. The van der Waals surface area contributed by atoms with Crippen molar-refractivity contribution in [1.29, 1.82) is 0 Å². The van der Waals surface area contributed by atoms with Gasteiger partial charge in [0.15, 0.2) is 5.69 Å². The van der Waals surface area contributed by atoms with E-state index >= 15 is 0 Å². The van der Waals surface area contributed by atoms with Crippen molar-refractivity contribution in [2.75, 3.05) is 5.73 Å². The molecule has 1 aromatic heterocycles. The Morgan fingerprint density at radius 1 is 1.27 bits per heavy atom. The lowest BCUT2D eigenvalue weighted by Gasteiger charge is -1.87. The molecule has 2 heterocycles. The molecular formula is C5H4N4O2. The minimum Gasteiger partial charge on any atom is -0.383 e. The summed E-state index contributed by atoms with van der Waals surface area (Å²) in [7, 11) is 0. The van der Waals surface area contributed by atoms with Crippen molar-refractivity contribution >= 4 is 17.6 Å². The number of aromatic amines is 1. The topological polar surface area (TPSA) is 101 Å². The molecule has 2 amide bonds. The zero-order valence-corrected chi connectivity index (χ0v) is 5.34. The largest absolute Gasteiger partial charge is 0.383 e. The fourth-order valence-corrected chi connectivity index (χ4v) is 0.974. The molecule has 6 nitrogen and oxygen atoms in total. The maximum absolute atomic E-state index is 10.9. The second-order valence-electron chi connectivity index (χ2n) is 2.14. The van der Waals surface area contributed by atoms with E-state index in [0.717, 1.165) is 0 Å². The van der Waals surface area contributed by atoms with Gasteiger partial charge in [-0.3, -0.25) is 20.0 Å². The minimum atomic E-state index is -0.502. The second-order valence-corrected chi connectivity index (χ2v) is 2.14. The lowest BCUT2D eigenvalue weighted by atomic mass is 10.3. The van der Waals surface area contributed by atoms with Gasteiger partial charge in [0.25, 0.3) is 11.8 Å². The van der Waals surface area contributed by atoms with Crippen LogP contribution in [0.1, 0.15) is 20.8 Å². The molecule has 0 spiro atoms. The Morgan fingerprint density at radius 2 is 2.00 bits per heavy atom. The summed E-state index contributed by atoms with van der Waals surface area (Å²) in [5.41, 5.74) is 5.54. The number of imide groups is 1. The number of nitrogens with one attached hydrogen (secondary N) is 2. The molecule has 6 heteroatoms. The van der Waals surface area contributed by atoms with E-state index in [1.165, 1.54) is 0 Å². The number of amides is 2. The number of carbonyl (C=O) groups excluding carboxylic acids is 2. The highest BCUT2D eigenvalue weighted by atomic mass is 16.2. The monoisotopic (exact) mass is 152 g/mol. The summed E-state index contributed by atoms with van der Waals surface area (Å²) >= 11 is 0. The standard InChI is InChI=1S/C5H4N4O2/c6-3-1-2(8-9-3)5(11)7-4(1)10/h(H3,6,8,9)(H,7,10,11). The van der Waals surface area contributed by atoms with Crippen molar-refractivity contribution in [2.45, 2.75) is 0 Å². The number of carbonyl (C=O) groups is 2. The predicted molar refractivity (Wildman–Crippen MR) is 34.8 cm³/mol. The molecule has 0 saturated heterocycles. The number of rotatable bonds is 0. The highest BCUT2D eigenvalue weighted by molar-refractivity contribution is 6.22. The Balaban J connectivity index is 2.72. The molecule has 4 N–H and O–H groups in total. The molecule has 0 atom stereocenters. The number of nitrogens with two attached hydrogens (primary N) is 1. The number of nitrogens with zero attached hydrogens (tertiary/aromatic N) is 1. The van der Waals surface area contributed by atoms with Crippen LogP contribution in [0.15, 0.2) is 0 Å². The van der Waals surface area contributed by atoms with Crippen LogP contribution < -0.4 is 11.1 Å². The summed E-state index contributed by atoms with van der Waals surface area (Å²) in [6, 6.07) is 0. The van der Waals surface area contributed by atoms with Crippen molar-refractivity contribution in [3.05, 3.63) is 11.3 Å². The number of aromatic nitrogens is 2. The van der Waals surface area contributed by atoms with Crippen molar-refractivity contribution in [1.82, 2.24) is 15.5 Å². The quantitative estimate of drug-likeness (QED) is 0.409. The first kappa shape index (κ1) is 5.90. The van der Waals surface area contributed by atoms with E-state index < -0.39 is 11.8 Å². The first-order valence-corrected chi connectivity index (χ1v) is 2.89. The van der Waals surface area contributed by atoms with Gasteiger partial charge in [0.2, 0.25) is 0 Å². The van der Waals surface area contributed by atoms with Crippen LogP contribution in [-0.4, -0.2) is 22.0 Å². The van der Waals surface area contributed by atoms with Crippen LogP contribution in [0.4, 0.5) is 5.82 Å². The Hall–Kier alpha value is -1.85. The maximum Gasteiger partial charge on any atom is 0.279 e. The van der Waals surface area contributed by atoms with Crippen LogP contribution in [0.25, 0.3) is 0 Å². The lowest BCUT2D eigenvalue weighted by molar-refractivity contribution is 0.0877. The predicted octanol–water partition coefficient (Wildman–Crippen LogP) is -1.12. The average molecular weight is 152 g/mol. The average Bonchev–Trinajstić information content (AvgIpc) is 2.41. The first-order valence-electron chi connectivity index (χ1n) is 2.89. The minimum absolute atomic E-state index is 0.0764. The zero-order valence-electron chi connectivity index (χ0n) is 5.34. The molecule has 1 aliphatic heterocycles. The summed E-state index contributed by atoms with van der Waals surface area (Å²) in [4.78, 5) is 21.7. The molecule has 56 valence electrons. The van der Waals surface area contributed by atoms with E-state index in [-0.39, 0.29) is 17.1 Å². The molecule has 0 fully saturated rings. The van der Waals surface area contributed by atoms with Gasteiger partial charge in [-0.2, -0.15) is 5.10 Å². The number of hydrogen-bond donors (Lipinski definition) is 3. The fraction of sp³-hybridized carbons (Fsp3) is 0. The van der Waals surface area contributed by atoms with E-state index in [4.69, 9.17) is 5.73 Å². The third-order valence-electron chi connectivity index (χ3n) is 1.46. The Bertz CT molecular complexity index is 353. The van der Waals surface area contributed by atoms with E-state index in [1.54, 1.807) is 0 Å². The van der Waals surface area contributed by atoms with Crippen LogP contribution in [-0.2, 0) is 0 Å². The fourth-order valence-electron chi connectivity index (χ4n) is 0.974. The van der Waals surface area contributed by atoms with Crippen LogP contribution in [0.3, 0.4) is 0 Å². The summed E-state index contributed by atoms with van der Waals surface area (Å²) in [5, 5.41) is 7.95. The summed E-state index contributed by atoms with van der Waals surface area (Å²) in [6.07, 6.45) is 0. The van der Waals surface area contributed by atoms with Gasteiger partial charge in [0.1, 0.15) is 11.4 Å². The molecule has 1 aromatic rings. The third kappa shape index (κ3) is 0.575. The zero-order chi connectivity index (χ0) is 8.01. The van der Waals surface area contributed by atoms with Crippen molar-refractivity contribution in [3.8, 4) is 0 Å². The highest BCUT2D eigenvalue weighted by Crippen LogP contribution is 2.17. The SMILES string of the molecule is Nc1[nH]nc2c1C(=O)NC2=O. The molecule has 1 aliphatic rings. The van der Waals surface area contributed by atoms with E-state index in [0.29, 0.717) is 0 Å². The van der Waals surface area contributed by atoms with Gasteiger partial charge in [0.05, 0.1) is 0 Å². The van der Waals surface area contributed by atoms with Gasteiger partial charge in [-0.25, -0.2) is 0 Å². The van der Waals surface area contributed by atoms with Crippen molar-refractivity contribution in [3.63, 3.8) is 0 Å². The molecule has 0 unspecified atom stereocenters. The normalized spacial score (nSPS) is 14.9. The Labute approximate surface area is 60.8 Å². The van der Waals surface area contributed by atoms with E-state index in [1.807, 2.05) is 0 Å². The third-order valence-corrected chi connectivity index (χ3v) is 1.46. The molecule has 0 bridgehead atoms. The van der Waals surface area contributed by atoms with E-state index in [2.05, 4.69) is 15.5 Å². The number of hydrogen-bond acceptors (Lipinski definition) is 4. The van der Waals surface area contributed by atoms with Crippen LogP contribution in [0.5, 0.6) is 0 Å². The Morgan fingerprint density at radius 3 is 2.64 bits per heavy atom. The smallest absolute Gasteiger partial charge is 0.279 e. The van der Waals surface area contributed by atoms with Gasteiger partial charge >= 0.3 is 0 Å². The van der Waals surface area contributed by atoms with Gasteiger partial charge in [-0.1, -0.05) is 0 Å². The van der Waals surface area contributed by atoms with Gasteiger partial charge < -0.3 is 5.73 Å². The molecular weight excluding hydrogens is 148 g/mol. The Kier molecular flexibility index (Phi) is 0.857. The number of H-pyrrole nitrogens is 1. The molecule has 0 saturated carbocycles. The van der Waals surface area contributed by atoms with Gasteiger partial charge in [-0.05, 0) is 0 Å². The van der Waals surface area contributed by atoms with Crippen molar-refractivity contribution in [2.24, 2.45) is 0 Å². The second kappa shape index (κ2) is 1.60. The molecule has 0 aromatic carbocycles. The van der Waals surface area contributed by atoms with Crippen LogP contribution in [0, 0.1) is 0 Å². The van der Waals surface area contributed by atoms with Crippen LogP contribution >= 0.6 is 0 Å².